The number of nitrogens with two attached hydrogens (primary N) is 1. The van der Waals surface area contributed by atoms with Gasteiger partial charge in [-0.1, -0.05) is 0 Å². The number of nitrogen functional groups attached to an aromatic ring is 1. The minimum Gasteiger partial charge on any atom is -0.464 e. The van der Waals surface area contributed by atoms with Gasteiger partial charge in [-0.15, -0.1) is 0 Å². The van der Waals surface area contributed by atoms with Gasteiger partial charge in [0.2, 0.25) is 0 Å². The van der Waals surface area contributed by atoms with Crippen LogP contribution in [0.2, 0.25) is 0 Å². The number of pyridine rings is 1. The molecule has 0 saturated heterocycles. The summed E-state index contributed by atoms with van der Waals surface area (Å²) in [5, 5.41) is 2.61. The summed E-state index contributed by atoms with van der Waals surface area (Å²) in [7, 11) is 1.21. The summed E-state index contributed by atoms with van der Waals surface area (Å²) >= 11 is 2.95. The topological polar surface area (TPSA) is 77.2 Å². The van der Waals surface area contributed by atoms with Gasteiger partial charge >= 0.3 is 5.97 Å². The molecule has 21 heavy (non-hydrogen) atoms. The molecule has 0 aliphatic heterocycles. The zero-order chi connectivity index (χ0) is 15.6. The molecule has 0 unspecified atom stereocenters. The number of carbonyl (C=O) groups is 1. The van der Waals surface area contributed by atoms with Crippen molar-refractivity contribution in [2.75, 3.05) is 18.2 Å². The highest BCUT2D eigenvalue weighted by atomic mass is 79.9. The molecule has 3 N–H and O–H groups in total. The van der Waals surface area contributed by atoms with Crippen molar-refractivity contribution in [1.82, 2.24) is 4.98 Å². The van der Waals surface area contributed by atoms with E-state index in [1.54, 1.807) is 0 Å². The van der Waals surface area contributed by atoms with Gasteiger partial charge in [0.05, 0.1) is 23.0 Å². The molecule has 0 spiro atoms. The first-order valence-corrected chi connectivity index (χ1v) is 6.48. The summed E-state index contributed by atoms with van der Waals surface area (Å²) in [6.07, 6.45) is 0. The zero-order valence-electron chi connectivity index (χ0n) is 10.8. The number of esters is 1. The van der Waals surface area contributed by atoms with Gasteiger partial charge in [0, 0.05) is 6.07 Å². The molecule has 1 aromatic carbocycles. The first-order valence-electron chi connectivity index (χ1n) is 5.68. The van der Waals surface area contributed by atoms with E-state index in [2.05, 4.69) is 31.0 Å². The van der Waals surface area contributed by atoms with Crippen LogP contribution in [0.5, 0.6) is 0 Å². The Hall–Kier alpha value is -2.22. The second kappa shape index (κ2) is 6.04. The number of methoxy groups -OCH3 is 1. The molecule has 110 valence electrons. The maximum atomic E-state index is 13.7. The van der Waals surface area contributed by atoms with Crippen LogP contribution in [0.4, 0.5) is 26.0 Å². The van der Waals surface area contributed by atoms with E-state index in [9.17, 15) is 13.6 Å². The Morgan fingerprint density at radius 1 is 1.33 bits per heavy atom. The number of halogens is 3. The van der Waals surface area contributed by atoms with E-state index in [1.807, 2.05) is 0 Å². The maximum absolute atomic E-state index is 13.7. The number of hydrogen-bond donors (Lipinski definition) is 2. The highest BCUT2D eigenvalue weighted by Gasteiger charge is 2.13. The fourth-order valence-corrected chi connectivity index (χ4v) is 1.88. The summed E-state index contributed by atoms with van der Waals surface area (Å²) in [6.45, 7) is 0. The minimum atomic E-state index is -0.819. The highest BCUT2D eigenvalue weighted by Crippen LogP contribution is 2.28. The number of hydrogen-bond acceptors (Lipinski definition) is 5. The summed E-state index contributed by atoms with van der Waals surface area (Å²) in [4.78, 5) is 15.4. The Morgan fingerprint density at radius 2 is 2.05 bits per heavy atom. The van der Waals surface area contributed by atoms with Gasteiger partial charge in [-0.3, -0.25) is 0 Å². The Balaban J connectivity index is 2.39. The van der Waals surface area contributed by atoms with E-state index in [0.29, 0.717) is 6.07 Å². The van der Waals surface area contributed by atoms with Gasteiger partial charge in [-0.05, 0) is 34.1 Å². The number of nitrogens with zero attached hydrogens (tertiary/aromatic N) is 1. The SMILES string of the molecule is COC(=O)c1ccc(N)c(Nc2cc(Br)c(F)cc2F)n1. The van der Waals surface area contributed by atoms with E-state index in [1.165, 1.54) is 25.3 Å². The van der Waals surface area contributed by atoms with Crippen LogP contribution in [0.3, 0.4) is 0 Å². The predicted octanol–water partition coefficient (Wildman–Crippen LogP) is 3.23. The Kier molecular flexibility index (Phi) is 4.37. The van der Waals surface area contributed by atoms with Crippen molar-refractivity contribution in [2.45, 2.75) is 0 Å². The van der Waals surface area contributed by atoms with Gasteiger partial charge in [-0.2, -0.15) is 0 Å². The lowest BCUT2D eigenvalue weighted by molar-refractivity contribution is 0.0594. The van der Waals surface area contributed by atoms with Crippen LogP contribution in [0.1, 0.15) is 10.5 Å². The van der Waals surface area contributed by atoms with Crippen molar-refractivity contribution in [3.8, 4) is 0 Å². The molecule has 0 aliphatic carbocycles. The lowest BCUT2D eigenvalue weighted by Crippen LogP contribution is -2.08. The van der Waals surface area contributed by atoms with Gasteiger partial charge in [-0.25, -0.2) is 18.6 Å². The van der Waals surface area contributed by atoms with Crippen LogP contribution >= 0.6 is 15.9 Å². The third-order valence-electron chi connectivity index (χ3n) is 2.58. The highest BCUT2D eigenvalue weighted by molar-refractivity contribution is 9.10. The maximum Gasteiger partial charge on any atom is 0.356 e. The third kappa shape index (κ3) is 3.27. The van der Waals surface area contributed by atoms with E-state index in [4.69, 9.17) is 5.73 Å². The lowest BCUT2D eigenvalue weighted by atomic mass is 10.2. The molecular weight excluding hydrogens is 348 g/mol. The summed E-state index contributed by atoms with van der Waals surface area (Å²) in [5.41, 5.74) is 5.88. The zero-order valence-corrected chi connectivity index (χ0v) is 12.4. The van der Waals surface area contributed by atoms with Gasteiger partial charge in [0.25, 0.3) is 0 Å². The van der Waals surface area contributed by atoms with Crippen LogP contribution in [0.25, 0.3) is 0 Å². The number of nitrogens with one attached hydrogen (secondary N) is 1. The fraction of sp³-hybridized carbons (Fsp3) is 0.0769. The molecule has 0 saturated carbocycles. The number of benzene rings is 1. The summed E-state index contributed by atoms with van der Waals surface area (Å²) in [5.74, 6) is -2.14. The minimum absolute atomic E-state index is 0.00999. The van der Waals surface area contributed by atoms with Crippen LogP contribution in [0.15, 0.2) is 28.7 Å². The Morgan fingerprint density at radius 3 is 2.71 bits per heavy atom. The monoisotopic (exact) mass is 357 g/mol. The molecule has 5 nitrogen and oxygen atoms in total. The number of rotatable bonds is 3. The van der Waals surface area contributed by atoms with Gasteiger partial charge in [0.1, 0.15) is 11.6 Å². The van der Waals surface area contributed by atoms with E-state index in [-0.39, 0.29) is 27.4 Å². The first kappa shape index (κ1) is 15.2. The molecule has 0 atom stereocenters. The number of aromatic nitrogens is 1. The Bertz CT molecular complexity index is 710. The van der Waals surface area contributed by atoms with E-state index in [0.717, 1.165) is 0 Å². The van der Waals surface area contributed by atoms with Crippen molar-refractivity contribution in [3.05, 3.63) is 46.1 Å². The fourth-order valence-electron chi connectivity index (χ4n) is 1.53. The second-order valence-electron chi connectivity index (χ2n) is 4.00. The van der Waals surface area contributed by atoms with Crippen molar-refractivity contribution >= 4 is 39.1 Å². The Labute approximate surface area is 127 Å². The predicted molar refractivity (Wildman–Crippen MR) is 77.3 cm³/mol. The molecule has 0 fully saturated rings. The van der Waals surface area contributed by atoms with Crippen LogP contribution < -0.4 is 11.1 Å². The van der Waals surface area contributed by atoms with Crippen LogP contribution in [-0.2, 0) is 4.74 Å². The van der Waals surface area contributed by atoms with E-state index < -0.39 is 17.6 Å². The molecule has 8 heteroatoms. The van der Waals surface area contributed by atoms with Crippen molar-refractivity contribution in [3.63, 3.8) is 0 Å². The smallest absolute Gasteiger partial charge is 0.356 e. The molecule has 1 heterocycles. The van der Waals surface area contributed by atoms with Crippen molar-refractivity contribution in [2.24, 2.45) is 0 Å². The molecular formula is C13H10BrF2N3O2. The van der Waals surface area contributed by atoms with Crippen LogP contribution in [0, 0.1) is 11.6 Å². The summed E-state index contributed by atoms with van der Waals surface area (Å²) < 4.78 is 31.5. The van der Waals surface area contributed by atoms with Gasteiger partial charge < -0.3 is 15.8 Å². The molecule has 0 amide bonds. The molecule has 2 rings (SSSR count). The van der Waals surface area contributed by atoms with Crippen molar-refractivity contribution < 1.29 is 18.3 Å². The molecule has 0 radical (unpaired) electrons. The largest absolute Gasteiger partial charge is 0.464 e. The standard InChI is InChI=1S/C13H10BrF2N3O2/c1-21-13(20)10-3-2-9(17)12(18-10)19-11-4-6(14)7(15)5-8(11)16/h2-5H,17H2,1H3,(H,18,19). The molecule has 1 aromatic heterocycles. The van der Waals surface area contributed by atoms with Crippen molar-refractivity contribution in [1.29, 1.82) is 0 Å². The third-order valence-corrected chi connectivity index (χ3v) is 3.19. The normalized spacial score (nSPS) is 10.3. The quantitative estimate of drug-likeness (QED) is 0.651. The number of ether oxygens (including phenoxy) is 1. The number of carbonyl (C=O) groups excluding carboxylic acids is 1. The average molecular weight is 358 g/mol. The average Bonchev–Trinajstić information content (AvgIpc) is 2.46. The molecule has 0 bridgehead atoms. The van der Waals surface area contributed by atoms with E-state index >= 15 is 0 Å². The van der Waals surface area contributed by atoms with Crippen LogP contribution in [-0.4, -0.2) is 18.1 Å². The second-order valence-corrected chi connectivity index (χ2v) is 4.85. The van der Waals surface area contributed by atoms with Gasteiger partial charge in [0.15, 0.2) is 11.5 Å². The number of anilines is 3. The lowest BCUT2D eigenvalue weighted by Gasteiger charge is -2.11. The molecule has 2 aromatic rings. The molecule has 0 aliphatic rings. The first-order chi connectivity index (χ1) is 9.92. The summed E-state index contributed by atoms with van der Waals surface area (Å²) in [6, 6.07) is 4.73.